The number of aryl methyl sites for hydroxylation is 1. The monoisotopic (exact) mass is 347 g/mol. The molecule has 0 fully saturated rings. The van der Waals surface area contributed by atoms with Gasteiger partial charge in [-0.05, 0) is 36.2 Å². The number of sulfonamides is 1. The van der Waals surface area contributed by atoms with Crippen LogP contribution in [0.5, 0.6) is 0 Å². The van der Waals surface area contributed by atoms with Gasteiger partial charge in [0.25, 0.3) is 0 Å². The van der Waals surface area contributed by atoms with Crippen LogP contribution in [0, 0.1) is 5.82 Å². The molecule has 5 nitrogen and oxygen atoms in total. The van der Waals surface area contributed by atoms with E-state index in [0.717, 1.165) is 11.0 Å². The van der Waals surface area contributed by atoms with Gasteiger partial charge in [-0.3, -0.25) is 0 Å². The van der Waals surface area contributed by atoms with Crippen LogP contribution in [0.2, 0.25) is 0 Å². The molecular weight excluding hydrogens is 329 g/mol. The molecule has 0 atom stereocenters. The maximum absolute atomic E-state index is 12.8. The Kier molecular flexibility index (Phi) is 4.92. The van der Waals surface area contributed by atoms with E-state index in [0.29, 0.717) is 25.1 Å². The van der Waals surface area contributed by atoms with Gasteiger partial charge in [0.05, 0.1) is 23.1 Å². The minimum atomic E-state index is -3.43. The lowest BCUT2D eigenvalue weighted by Gasteiger charge is -2.08. The number of hydrogen-bond donors (Lipinski definition) is 1. The molecule has 0 saturated heterocycles. The summed E-state index contributed by atoms with van der Waals surface area (Å²) < 4.78 is 41.5. The van der Waals surface area contributed by atoms with Gasteiger partial charge in [-0.15, -0.1) is 0 Å². The van der Waals surface area contributed by atoms with Crippen molar-refractivity contribution < 1.29 is 12.8 Å². The Balaban J connectivity index is 1.51. The van der Waals surface area contributed by atoms with Gasteiger partial charge in [-0.1, -0.05) is 24.3 Å². The number of para-hydroxylation sites is 2. The van der Waals surface area contributed by atoms with E-state index in [2.05, 4.69) is 9.71 Å². The van der Waals surface area contributed by atoms with Gasteiger partial charge < -0.3 is 4.57 Å². The Morgan fingerprint density at radius 3 is 2.62 bits per heavy atom. The van der Waals surface area contributed by atoms with Crippen molar-refractivity contribution in [1.82, 2.24) is 14.3 Å². The summed E-state index contributed by atoms with van der Waals surface area (Å²) in [6, 6.07) is 13.3. The first kappa shape index (κ1) is 16.6. The Bertz CT molecular complexity index is 920. The summed E-state index contributed by atoms with van der Waals surface area (Å²) in [5.41, 5.74) is 2.52. The molecule has 0 bridgehead atoms. The molecule has 1 heterocycles. The van der Waals surface area contributed by atoms with Crippen LogP contribution in [0.25, 0.3) is 11.0 Å². The van der Waals surface area contributed by atoms with Crippen LogP contribution in [0.4, 0.5) is 4.39 Å². The molecule has 0 radical (unpaired) electrons. The summed E-state index contributed by atoms with van der Waals surface area (Å²) >= 11 is 0. The summed E-state index contributed by atoms with van der Waals surface area (Å²) in [7, 11) is -3.43. The third kappa shape index (κ3) is 4.18. The van der Waals surface area contributed by atoms with E-state index in [1.807, 2.05) is 28.8 Å². The second-order valence-electron chi connectivity index (χ2n) is 5.56. The van der Waals surface area contributed by atoms with Crippen molar-refractivity contribution in [2.75, 3.05) is 6.54 Å². The number of nitrogens with zero attached hydrogens (tertiary/aromatic N) is 2. The number of rotatable bonds is 7. The number of imidazole rings is 1. The fourth-order valence-corrected chi connectivity index (χ4v) is 3.71. The number of hydrogen-bond acceptors (Lipinski definition) is 3. The van der Waals surface area contributed by atoms with Crippen LogP contribution in [0.1, 0.15) is 12.0 Å². The molecule has 1 N–H and O–H groups in total. The lowest BCUT2D eigenvalue weighted by Crippen LogP contribution is -2.26. The van der Waals surface area contributed by atoms with Crippen LogP contribution in [-0.4, -0.2) is 24.5 Å². The number of aromatic nitrogens is 2. The number of fused-ring (bicyclic) bond motifs is 1. The van der Waals surface area contributed by atoms with E-state index in [1.54, 1.807) is 6.33 Å². The van der Waals surface area contributed by atoms with Crippen molar-refractivity contribution in [3.63, 3.8) is 0 Å². The van der Waals surface area contributed by atoms with E-state index in [4.69, 9.17) is 0 Å². The number of halogens is 1. The average molecular weight is 347 g/mol. The topological polar surface area (TPSA) is 64.0 Å². The lowest BCUT2D eigenvalue weighted by atomic mass is 10.2. The molecule has 3 rings (SSSR count). The maximum Gasteiger partial charge on any atom is 0.215 e. The first-order valence-electron chi connectivity index (χ1n) is 7.65. The van der Waals surface area contributed by atoms with Crippen LogP contribution >= 0.6 is 0 Å². The molecule has 0 spiro atoms. The van der Waals surface area contributed by atoms with Crippen molar-refractivity contribution in [2.24, 2.45) is 0 Å². The molecule has 7 heteroatoms. The fourth-order valence-electron chi connectivity index (χ4n) is 2.52. The zero-order valence-electron chi connectivity index (χ0n) is 13.0. The van der Waals surface area contributed by atoms with Crippen LogP contribution in [0.15, 0.2) is 54.9 Å². The summed E-state index contributed by atoms with van der Waals surface area (Å²) in [4.78, 5) is 4.30. The van der Waals surface area contributed by atoms with Gasteiger partial charge in [0.15, 0.2) is 0 Å². The van der Waals surface area contributed by atoms with Gasteiger partial charge in [-0.25, -0.2) is 22.5 Å². The molecule has 0 unspecified atom stereocenters. The summed E-state index contributed by atoms with van der Waals surface area (Å²) in [5.74, 6) is -0.530. The van der Waals surface area contributed by atoms with Crippen LogP contribution < -0.4 is 4.72 Å². The summed E-state index contributed by atoms with van der Waals surface area (Å²) in [6.07, 6.45) is 2.42. The van der Waals surface area contributed by atoms with Gasteiger partial charge in [0.1, 0.15) is 5.82 Å². The van der Waals surface area contributed by atoms with Gasteiger partial charge in [0.2, 0.25) is 10.0 Å². The van der Waals surface area contributed by atoms with Crippen LogP contribution in [0.3, 0.4) is 0 Å². The van der Waals surface area contributed by atoms with E-state index in [1.165, 1.54) is 24.3 Å². The third-order valence-electron chi connectivity index (χ3n) is 3.70. The quantitative estimate of drug-likeness (QED) is 0.668. The predicted octanol–water partition coefficient (Wildman–Crippen LogP) is 2.69. The Morgan fingerprint density at radius 1 is 1.08 bits per heavy atom. The highest BCUT2D eigenvalue weighted by molar-refractivity contribution is 7.88. The molecule has 0 saturated carbocycles. The molecule has 0 aliphatic rings. The third-order valence-corrected chi connectivity index (χ3v) is 5.05. The standard InChI is InChI=1S/C17H18FN3O2S/c18-15-8-6-14(7-9-15)12-24(22,23)20-10-3-11-21-13-19-16-4-1-2-5-17(16)21/h1-2,4-9,13,20H,3,10-12H2. The molecule has 3 aromatic rings. The highest BCUT2D eigenvalue weighted by Crippen LogP contribution is 2.12. The zero-order valence-corrected chi connectivity index (χ0v) is 13.8. The summed E-state index contributed by atoms with van der Waals surface area (Å²) in [6.45, 7) is 1.02. The van der Waals surface area contributed by atoms with Crippen molar-refractivity contribution in [3.05, 3.63) is 66.2 Å². The van der Waals surface area contributed by atoms with E-state index in [-0.39, 0.29) is 11.6 Å². The van der Waals surface area contributed by atoms with Crippen molar-refractivity contribution in [3.8, 4) is 0 Å². The molecule has 0 amide bonds. The van der Waals surface area contributed by atoms with Gasteiger partial charge in [0, 0.05) is 13.1 Å². The first-order chi connectivity index (χ1) is 11.5. The SMILES string of the molecule is O=S(=O)(Cc1ccc(F)cc1)NCCCn1cnc2ccccc21. The molecule has 2 aromatic carbocycles. The smallest absolute Gasteiger partial charge is 0.215 e. The highest BCUT2D eigenvalue weighted by atomic mass is 32.2. The zero-order chi connectivity index (χ0) is 17.0. The van der Waals surface area contributed by atoms with Crippen molar-refractivity contribution >= 4 is 21.1 Å². The van der Waals surface area contributed by atoms with E-state index in [9.17, 15) is 12.8 Å². The summed E-state index contributed by atoms with van der Waals surface area (Å²) in [5, 5.41) is 0. The van der Waals surface area contributed by atoms with Crippen LogP contribution in [-0.2, 0) is 22.3 Å². The van der Waals surface area contributed by atoms with E-state index >= 15 is 0 Å². The molecule has 24 heavy (non-hydrogen) atoms. The molecule has 1 aromatic heterocycles. The number of benzene rings is 2. The Hall–Kier alpha value is -2.25. The molecule has 0 aliphatic heterocycles. The van der Waals surface area contributed by atoms with Crippen molar-refractivity contribution in [2.45, 2.75) is 18.7 Å². The maximum atomic E-state index is 12.8. The van der Waals surface area contributed by atoms with Crippen molar-refractivity contribution in [1.29, 1.82) is 0 Å². The van der Waals surface area contributed by atoms with Gasteiger partial charge >= 0.3 is 0 Å². The minimum Gasteiger partial charge on any atom is -0.331 e. The largest absolute Gasteiger partial charge is 0.331 e. The molecular formula is C17H18FN3O2S. The normalized spacial score (nSPS) is 11.9. The minimum absolute atomic E-state index is 0.152. The average Bonchev–Trinajstić information content (AvgIpc) is 2.97. The first-order valence-corrected chi connectivity index (χ1v) is 9.30. The van der Waals surface area contributed by atoms with E-state index < -0.39 is 10.0 Å². The predicted molar refractivity (Wildman–Crippen MR) is 91.4 cm³/mol. The number of nitrogens with one attached hydrogen (secondary N) is 1. The second kappa shape index (κ2) is 7.11. The molecule has 0 aliphatic carbocycles. The Labute approximate surface area is 140 Å². The Morgan fingerprint density at radius 2 is 1.83 bits per heavy atom. The lowest BCUT2D eigenvalue weighted by molar-refractivity contribution is 0.570. The van der Waals surface area contributed by atoms with Gasteiger partial charge in [-0.2, -0.15) is 0 Å². The second-order valence-corrected chi connectivity index (χ2v) is 7.37. The molecule has 126 valence electrons. The fraction of sp³-hybridized carbons (Fsp3) is 0.235. The highest BCUT2D eigenvalue weighted by Gasteiger charge is 2.11.